The van der Waals surface area contributed by atoms with Gasteiger partial charge in [0.1, 0.15) is 19.9 Å². The van der Waals surface area contributed by atoms with E-state index in [1.807, 2.05) is 60.7 Å². The first-order chi connectivity index (χ1) is 12.2. The second kappa shape index (κ2) is 10.1. The SMILES string of the molecule is O=C(CN(CO)C(=O)OCc1ccccc1)NCCc1ccccc1. The van der Waals surface area contributed by atoms with Gasteiger partial charge in [0.2, 0.25) is 5.91 Å². The number of carbonyl (C=O) groups excluding carboxylic acids is 2. The summed E-state index contributed by atoms with van der Waals surface area (Å²) in [5.41, 5.74) is 1.95. The van der Waals surface area contributed by atoms with Crippen molar-refractivity contribution in [1.82, 2.24) is 10.2 Å². The smallest absolute Gasteiger partial charge is 0.412 e. The fourth-order valence-corrected chi connectivity index (χ4v) is 2.20. The van der Waals surface area contributed by atoms with Crippen molar-refractivity contribution in [3.63, 3.8) is 0 Å². The molecule has 0 aliphatic rings. The highest BCUT2D eigenvalue weighted by Crippen LogP contribution is 2.03. The molecule has 0 saturated heterocycles. The molecule has 0 saturated carbocycles. The van der Waals surface area contributed by atoms with E-state index in [-0.39, 0.29) is 19.1 Å². The molecule has 0 radical (unpaired) electrons. The highest BCUT2D eigenvalue weighted by molar-refractivity contribution is 5.82. The van der Waals surface area contributed by atoms with Gasteiger partial charge in [0.25, 0.3) is 0 Å². The lowest BCUT2D eigenvalue weighted by atomic mass is 10.1. The second-order valence-electron chi connectivity index (χ2n) is 5.47. The second-order valence-corrected chi connectivity index (χ2v) is 5.47. The van der Waals surface area contributed by atoms with Crippen LogP contribution in [0.25, 0.3) is 0 Å². The molecular formula is C19H22N2O4. The molecule has 6 nitrogen and oxygen atoms in total. The zero-order valence-electron chi connectivity index (χ0n) is 13.9. The van der Waals surface area contributed by atoms with Gasteiger partial charge in [-0.15, -0.1) is 0 Å². The van der Waals surface area contributed by atoms with Gasteiger partial charge in [0.05, 0.1) is 0 Å². The maximum absolute atomic E-state index is 11.9. The van der Waals surface area contributed by atoms with E-state index in [4.69, 9.17) is 4.74 Å². The molecule has 2 rings (SSSR count). The summed E-state index contributed by atoms with van der Waals surface area (Å²) in [7, 11) is 0. The number of hydrogen-bond acceptors (Lipinski definition) is 4. The van der Waals surface area contributed by atoms with Crippen LogP contribution in [0.1, 0.15) is 11.1 Å². The number of amides is 2. The van der Waals surface area contributed by atoms with Gasteiger partial charge < -0.3 is 15.2 Å². The van der Waals surface area contributed by atoms with Gasteiger partial charge in [-0.25, -0.2) is 4.79 Å². The van der Waals surface area contributed by atoms with Crippen molar-refractivity contribution in [3.05, 3.63) is 71.8 Å². The van der Waals surface area contributed by atoms with Crippen molar-refractivity contribution >= 4 is 12.0 Å². The number of aliphatic hydroxyl groups is 1. The number of nitrogens with zero attached hydrogens (tertiary/aromatic N) is 1. The number of carbonyl (C=O) groups is 2. The molecule has 0 bridgehead atoms. The average molecular weight is 342 g/mol. The molecule has 6 heteroatoms. The van der Waals surface area contributed by atoms with Crippen LogP contribution >= 0.6 is 0 Å². The quantitative estimate of drug-likeness (QED) is 0.719. The van der Waals surface area contributed by atoms with Crippen molar-refractivity contribution in [1.29, 1.82) is 0 Å². The molecule has 0 aliphatic heterocycles. The van der Waals surface area contributed by atoms with E-state index in [0.717, 1.165) is 16.0 Å². The summed E-state index contributed by atoms with van der Waals surface area (Å²) in [5, 5.41) is 12.0. The number of rotatable bonds is 8. The molecule has 2 N–H and O–H groups in total. The molecule has 0 heterocycles. The summed E-state index contributed by atoms with van der Waals surface area (Å²) in [4.78, 5) is 24.8. The van der Waals surface area contributed by atoms with Crippen LogP contribution in [-0.4, -0.2) is 41.8 Å². The Hall–Kier alpha value is -2.86. The van der Waals surface area contributed by atoms with Crippen LogP contribution in [-0.2, 0) is 22.6 Å². The summed E-state index contributed by atoms with van der Waals surface area (Å²) in [6.07, 6.45) is -0.0333. The lowest BCUT2D eigenvalue weighted by Crippen LogP contribution is -2.41. The van der Waals surface area contributed by atoms with Gasteiger partial charge in [-0.3, -0.25) is 9.69 Å². The first-order valence-electron chi connectivity index (χ1n) is 8.06. The number of aliphatic hydroxyl groups excluding tert-OH is 1. The zero-order valence-corrected chi connectivity index (χ0v) is 13.9. The predicted octanol–water partition coefficient (Wildman–Crippen LogP) is 1.93. The normalized spacial score (nSPS) is 10.1. The van der Waals surface area contributed by atoms with E-state index in [9.17, 15) is 14.7 Å². The minimum absolute atomic E-state index is 0.0891. The fraction of sp³-hybridized carbons (Fsp3) is 0.263. The van der Waals surface area contributed by atoms with Crippen LogP contribution in [0.2, 0.25) is 0 Å². The minimum Gasteiger partial charge on any atom is -0.444 e. The topological polar surface area (TPSA) is 78.9 Å². The van der Waals surface area contributed by atoms with Crippen LogP contribution < -0.4 is 5.32 Å². The number of ether oxygens (including phenoxy) is 1. The van der Waals surface area contributed by atoms with E-state index in [1.54, 1.807) is 0 Å². The van der Waals surface area contributed by atoms with E-state index < -0.39 is 12.8 Å². The van der Waals surface area contributed by atoms with Gasteiger partial charge in [0.15, 0.2) is 0 Å². The Bertz CT molecular complexity index is 662. The molecule has 2 aromatic rings. The Morgan fingerprint density at radius 1 is 0.960 bits per heavy atom. The molecular weight excluding hydrogens is 320 g/mol. The van der Waals surface area contributed by atoms with E-state index in [2.05, 4.69) is 5.32 Å². The summed E-state index contributed by atoms with van der Waals surface area (Å²) in [5.74, 6) is -0.346. The largest absolute Gasteiger partial charge is 0.444 e. The van der Waals surface area contributed by atoms with Crippen molar-refractivity contribution in [2.75, 3.05) is 19.8 Å². The lowest BCUT2D eigenvalue weighted by molar-refractivity contribution is -0.122. The van der Waals surface area contributed by atoms with Gasteiger partial charge >= 0.3 is 6.09 Å². The Morgan fingerprint density at radius 2 is 1.56 bits per heavy atom. The first kappa shape index (κ1) is 18.5. The predicted molar refractivity (Wildman–Crippen MR) is 93.6 cm³/mol. The van der Waals surface area contributed by atoms with Crippen molar-refractivity contribution in [3.8, 4) is 0 Å². The van der Waals surface area contributed by atoms with Crippen LogP contribution in [0.4, 0.5) is 4.79 Å². The van der Waals surface area contributed by atoms with E-state index in [0.29, 0.717) is 13.0 Å². The molecule has 0 unspecified atom stereocenters. The van der Waals surface area contributed by atoms with Crippen LogP contribution in [0.3, 0.4) is 0 Å². The Balaban J connectivity index is 1.72. The highest BCUT2D eigenvalue weighted by Gasteiger charge is 2.17. The molecule has 2 aromatic carbocycles. The highest BCUT2D eigenvalue weighted by atomic mass is 16.6. The van der Waals surface area contributed by atoms with Gasteiger partial charge in [-0.1, -0.05) is 60.7 Å². The molecule has 2 amide bonds. The summed E-state index contributed by atoms with van der Waals surface area (Å²) in [6.45, 7) is -0.286. The number of hydrogen-bond donors (Lipinski definition) is 2. The van der Waals surface area contributed by atoms with E-state index in [1.165, 1.54) is 0 Å². The molecule has 0 fully saturated rings. The number of nitrogens with one attached hydrogen (secondary N) is 1. The molecule has 0 aromatic heterocycles. The van der Waals surface area contributed by atoms with Crippen LogP contribution in [0, 0.1) is 0 Å². The third-order valence-corrected chi connectivity index (χ3v) is 3.55. The summed E-state index contributed by atoms with van der Waals surface area (Å²) >= 11 is 0. The van der Waals surface area contributed by atoms with Gasteiger partial charge in [-0.2, -0.15) is 0 Å². The maximum Gasteiger partial charge on any atom is 0.412 e. The third kappa shape index (κ3) is 6.64. The van der Waals surface area contributed by atoms with Crippen molar-refractivity contribution in [2.45, 2.75) is 13.0 Å². The lowest BCUT2D eigenvalue weighted by Gasteiger charge is -2.19. The zero-order chi connectivity index (χ0) is 17.9. The van der Waals surface area contributed by atoms with Crippen molar-refractivity contribution in [2.24, 2.45) is 0 Å². The summed E-state index contributed by atoms with van der Waals surface area (Å²) < 4.78 is 5.10. The Labute approximate surface area is 147 Å². The standard InChI is InChI=1S/C19H22N2O4/c22-15-21(19(24)25-14-17-9-5-2-6-10-17)13-18(23)20-12-11-16-7-3-1-4-8-16/h1-10,22H,11-15H2,(H,20,23). The molecule has 0 spiro atoms. The average Bonchev–Trinajstić information content (AvgIpc) is 2.66. The minimum atomic E-state index is -0.732. The van der Waals surface area contributed by atoms with Crippen LogP contribution in [0.15, 0.2) is 60.7 Å². The molecule has 132 valence electrons. The van der Waals surface area contributed by atoms with Crippen molar-refractivity contribution < 1.29 is 19.4 Å². The van der Waals surface area contributed by atoms with E-state index >= 15 is 0 Å². The summed E-state index contributed by atoms with van der Waals surface area (Å²) in [6, 6.07) is 19.0. The molecule has 25 heavy (non-hydrogen) atoms. The van der Waals surface area contributed by atoms with Crippen LogP contribution in [0.5, 0.6) is 0 Å². The fourth-order valence-electron chi connectivity index (χ4n) is 2.20. The van der Waals surface area contributed by atoms with Gasteiger partial charge in [-0.05, 0) is 17.5 Å². The first-order valence-corrected chi connectivity index (χ1v) is 8.06. The maximum atomic E-state index is 11.9. The molecule has 0 aliphatic carbocycles. The number of benzene rings is 2. The third-order valence-electron chi connectivity index (χ3n) is 3.55. The monoisotopic (exact) mass is 342 g/mol. The molecule has 0 atom stereocenters. The van der Waals surface area contributed by atoms with Gasteiger partial charge in [0, 0.05) is 6.54 Å². The Kier molecular flexibility index (Phi) is 7.46. The Morgan fingerprint density at radius 3 is 2.16 bits per heavy atom.